The van der Waals surface area contributed by atoms with Gasteiger partial charge < -0.3 is 10.0 Å². The quantitative estimate of drug-likeness (QED) is 0.898. The molecular formula is C13H18N6O2. The van der Waals surface area contributed by atoms with Gasteiger partial charge in [0.05, 0.1) is 11.7 Å². The number of aryl methyl sites for hydroxylation is 3. The molecule has 8 heteroatoms. The summed E-state index contributed by atoms with van der Waals surface area (Å²) in [4.78, 5) is 17.1. The fourth-order valence-corrected chi connectivity index (χ4v) is 2.88. The predicted octanol–water partition coefficient (Wildman–Crippen LogP) is 0.778. The van der Waals surface area contributed by atoms with Crippen LogP contribution < -0.4 is 4.90 Å². The number of carboxylic acid groups (broad SMARTS) is 1. The van der Waals surface area contributed by atoms with E-state index in [1.807, 2.05) is 18.5 Å². The molecule has 1 aliphatic rings. The molecule has 2 aromatic heterocycles. The standard InChI is InChI=1S/C13H18N6O2/c1-8-6-9(2)19(15-8)10-4-5-18(7-10)13-14-11(12(20)21)16-17(13)3/h6,10H,4-5,7H2,1-3H3,(H,20,21). The molecule has 1 aliphatic heterocycles. The molecule has 1 N–H and O–H groups in total. The average molecular weight is 290 g/mol. The Hall–Kier alpha value is -2.38. The number of hydrogen-bond acceptors (Lipinski definition) is 5. The smallest absolute Gasteiger partial charge is 0.375 e. The second-order valence-corrected chi connectivity index (χ2v) is 5.42. The van der Waals surface area contributed by atoms with Crippen molar-refractivity contribution >= 4 is 11.9 Å². The maximum absolute atomic E-state index is 10.9. The lowest BCUT2D eigenvalue weighted by molar-refractivity contribution is 0.0683. The van der Waals surface area contributed by atoms with Crippen molar-refractivity contribution in [2.24, 2.45) is 7.05 Å². The molecule has 0 aliphatic carbocycles. The molecular weight excluding hydrogens is 272 g/mol. The Labute approximate surface area is 122 Å². The zero-order valence-electron chi connectivity index (χ0n) is 12.3. The highest BCUT2D eigenvalue weighted by Gasteiger charge is 2.29. The van der Waals surface area contributed by atoms with E-state index < -0.39 is 5.97 Å². The summed E-state index contributed by atoms with van der Waals surface area (Å²) in [5, 5.41) is 17.4. The summed E-state index contributed by atoms with van der Waals surface area (Å²) in [6, 6.07) is 2.34. The van der Waals surface area contributed by atoms with Gasteiger partial charge in [-0.2, -0.15) is 10.1 Å². The second-order valence-electron chi connectivity index (χ2n) is 5.42. The second kappa shape index (κ2) is 4.87. The first kappa shape index (κ1) is 13.6. The van der Waals surface area contributed by atoms with Gasteiger partial charge in [-0.1, -0.05) is 0 Å². The lowest BCUT2D eigenvalue weighted by Gasteiger charge is -2.17. The first-order valence-electron chi connectivity index (χ1n) is 6.87. The summed E-state index contributed by atoms with van der Waals surface area (Å²) in [6.07, 6.45) is 0.956. The first-order valence-corrected chi connectivity index (χ1v) is 6.87. The van der Waals surface area contributed by atoms with Crippen molar-refractivity contribution < 1.29 is 9.90 Å². The number of carboxylic acids is 1. The molecule has 21 heavy (non-hydrogen) atoms. The van der Waals surface area contributed by atoms with Crippen LogP contribution >= 0.6 is 0 Å². The highest BCUT2D eigenvalue weighted by Crippen LogP contribution is 2.26. The van der Waals surface area contributed by atoms with Crippen molar-refractivity contribution in [3.63, 3.8) is 0 Å². The largest absolute Gasteiger partial charge is 0.475 e. The molecule has 0 aromatic carbocycles. The van der Waals surface area contributed by atoms with Crippen LogP contribution in [0.2, 0.25) is 0 Å². The fraction of sp³-hybridized carbons (Fsp3) is 0.538. The third kappa shape index (κ3) is 2.37. The molecule has 1 unspecified atom stereocenters. The zero-order chi connectivity index (χ0) is 15.1. The maximum atomic E-state index is 10.9. The summed E-state index contributed by atoms with van der Waals surface area (Å²) in [5.41, 5.74) is 2.15. The van der Waals surface area contributed by atoms with Crippen LogP contribution in [0, 0.1) is 13.8 Å². The van der Waals surface area contributed by atoms with E-state index >= 15 is 0 Å². The van der Waals surface area contributed by atoms with Gasteiger partial charge in [-0.05, 0) is 26.3 Å². The number of rotatable bonds is 3. The number of carbonyl (C=O) groups is 1. The zero-order valence-corrected chi connectivity index (χ0v) is 12.3. The van der Waals surface area contributed by atoms with Gasteiger partial charge >= 0.3 is 5.97 Å². The van der Waals surface area contributed by atoms with E-state index in [0.29, 0.717) is 5.95 Å². The van der Waals surface area contributed by atoms with E-state index in [1.165, 1.54) is 4.68 Å². The number of nitrogens with zero attached hydrogens (tertiary/aromatic N) is 6. The number of aromatic nitrogens is 5. The van der Waals surface area contributed by atoms with Gasteiger partial charge in [0.25, 0.3) is 5.82 Å². The van der Waals surface area contributed by atoms with Crippen LogP contribution in [0.5, 0.6) is 0 Å². The molecule has 3 rings (SSSR count). The van der Waals surface area contributed by atoms with Crippen molar-refractivity contribution in [1.29, 1.82) is 0 Å². The molecule has 1 atom stereocenters. The Balaban J connectivity index is 1.81. The van der Waals surface area contributed by atoms with Crippen LogP contribution in [0.15, 0.2) is 6.07 Å². The molecule has 1 saturated heterocycles. The highest BCUT2D eigenvalue weighted by atomic mass is 16.4. The van der Waals surface area contributed by atoms with Crippen LogP contribution in [-0.4, -0.2) is 48.7 Å². The average Bonchev–Trinajstić information content (AvgIpc) is 3.07. The summed E-state index contributed by atoms with van der Waals surface area (Å²) >= 11 is 0. The normalized spacial score (nSPS) is 18.4. The molecule has 112 valence electrons. The predicted molar refractivity (Wildman–Crippen MR) is 75.5 cm³/mol. The van der Waals surface area contributed by atoms with E-state index in [4.69, 9.17) is 5.11 Å². The number of hydrogen-bond donors (Lipinski definition) is 1. The first-order chi connectivity index (χ1) is 9.95. The summed E-state index contributed by atoms with van der Waals surface area (Å²) < 4.78 is 3.57. The van der Waals surface area contributed by atoms with Gasteiger partial charge in [-0.25, -0.2) is 9.48 Å². The third-order valence-corrected chi connectivity index (χ3v) is 3.77. The van der Waals surface area contributed by atoms with E-state index in [1.54, 1.807) is 7.05 Å². The van der Waals surface area contributed by atoms with Crippen LogP contribution in [0.25, 0.3) is 0 Å². The Morgan fingerprint density at radius 1 is 1.38 bits per heavy atom. The van der Waals surface area contributed by atoms with E-state index in [-0.39, 0.29) is 11.9 Å². The highest BCUT2D eigenvalue weighted by molar-refractivity contribution is 5.83. The van der Waals surface area contributed by atoms with E-state index in [2.05, 4.69) is 26.1 Å². The van der Waals surface area contributed by atoms with Gasteiger partial charge in [0.15, 0.2) is 0 Å². The van der Waals surface area contributed by atoms with Crippen molar-refractivity contribution in [3.8, 4) is 0 Å². The topological polar surface area (TPSA) is 89.1 Å². The Bertz CT molecular complexity index is 689. The maximum Gasteiger partial charge on any atom is 0.375 e. The monoisotopic (exact) mass is 290 g/mol. The molecule has 0 saturated carbocycles. The van der Waals surface area contributed by atoms with Crippen molar-refractivity contribution in [2.45, 2.75) is 26.3 Å². The number of aromatic carboxylic acids is 1. The molecule has 0 radical (unpaired) electrons. The van der Waals surface area contributed by atoms with Gasteiger partial charge in [0, 0.05) is 25.8 Å². The lowest BCUT2D eigenvalue weighted by Crippen LogP contribution is -2.24. The summed E-state index contributed by atoms with van der Waals surface area (Å²) in [5.74, 6) is -0.676. The van der Waals surface area contributed by atoms with Crippen molar-refractivity contribution in [3.05, 3.63) is 23.3 Å². The summed E-state index contributed by atoms with van der Waals surface area (Å²) in [7, 11) is 1.71. The minimum atomic E-state index is -1.11. The van der Waals surface area contributed by atoms with E-state index in [0.717, 1.165) is 30.9 Å². The molecule has 8 nitrogen and oxygen atoms in total. The lowest BCUT2D eigenvalue weighted by atomic mass is 10.2. The molecule has 1 fully saturated rings. The van der Waals surface area contributed by atoms with E-state index in [9.17, 15) is 4.79 Å². The molecule has 0 spiro atoms. The fourth-order valence-electron chi connectivity index (χ4n) is 2.88. The minimum Gasteiger partial charge on any atom is -0.475 e. The van der Waals surface area contributed by atoms with Crippen molar-refractivity contribution in [2.75, 3.05) is 18.0 Å². The van der Waals surface area contributed by atoms with Crippen LogP contribution in [0.3, 0.4) is 0 Å². The van der Waals surface area contributed by atoms with Gasteiger partial charge in [0.2, 0.25) is 5.95 Å². The van der Waals surface area contributed by atoms with Gasteiger partial charge in [0.1, 0.15) is 0 Å². The number of anilines is 1. The third-order valence-electron chi connectivity index (χ3n) is 3.77. The van der Waals surface area contributed by atoms with Gasteiger partial charge in [-0.15, -0.1) is 5.10 Å². The van der Waals surface area contributed by atoms with Crippen LogP contribution in [0.1, 0.15) is 34.5 Å². The van der Waals surface area contributed by atoms with Crippen LogP contribution in [-0.2, 0) is 7.05 Å². The molecule has 0 amide bonds. The molecule has 0 bridgehead atoms. The van der Waals surface area contributed by atoms with Gasteiger partial charge in [-0.3, -0.25) is 4.68 Å². The molecule has 3 heterocycles. The Morgan fingerprint density at radius 3 is 2.71 bits per heavy atom. The van der Waals surface area contributed by atoms with Crippen molar-refractivity contribution in [1.82, 2.24) is 24.5 Å². The Kier molecular flexibility index (Phi) is 3.15. The summed E-state index contributed by atoms with van der Waals surface area (Å²) in [6.45, 7) is 5.60. The Morgan fingerprint density at radius 2 is 2.14 bits per heavy atom. The minimum absolute atomic E-state index is 0.165. The molecule has 2 aromatic rings. The SMILES string of the molecule is Cc1cc(C)n(C2CCN(c3nc(C(=O)O)nn3C)C2)n1. The van der Waals surface area contributed by atoms with Crippen LogP contribution in [0.4, 0.5) is 5.95 Å².